The lowest BCUT2D eigenvalue weighted by atomic mass is 10.0. The van der Waals surface area contributed by atoms with Crippen molar-refractivity contribution in [2.45, 2.75) is 39.2 Å². The second-order valence-corrected chi connectivity index (χ2v) is 7.94. The largest absolute Gasteiger partial charge is 0.367 e. The number of halogens is 1. The van der Waals surface area contributed by atoms with E-state index < -0.39 is 0 Å². The van der Waals surface area contributed by atoms with Crippen LogP contribution in [0.1, 0.15) is 31.2 Å². The molecule has 7 nitrogen and oxygen atoms in total. The van der Waals surface area contributed by atoms with Gasteiger partial charge in [-0.1, -0.05) is 12.1 Å². The highest BCUT2D eigenvalue weighted by Gasteiger charge is 2.23. The molecule has 1 atom stereocenters. The first-order valence-corrected chi connectivity index (χ1v) is 11.0. The molecular weight excluding hydrogens is 393 g/mol. The maximum atomic E-state index is 14.4. The Morgan fingerprint density at radius 1 is 1.26 bits per heavy atom. The van der Waals surface area contributed by atoms with Gasteiger partial charge in [-0.2, -0.15) is 0 Å². The molecule has 4 rings (SSSR count). The predicted molar refractivity (Wildman–Crippen MR) is 122 cm³/mol. The van der Waals surface area contributed by atoms with E-state index in [-0.39, 0.29) is 11.9 Å². The number of piperidine rings is 1. The van der Waals surface area contributed by atoms with Crippen LogP contribution < -0.4 is 15.5 Å². The van der Waals surface area contributed by atoms with Gasteiger partial charge in [0.15, 0.2) is 11.6 Å². The number of aromatic nitrogens is 3. The van der Waals surface area contributed by atoms with Crippen molar-refractivity contribution >= 4 is 17.3 Å². The highest BCUT2D eigenvalue weighted by molar-refractivity contribution is 5.80. The van der Waals surface area contributed by atoms with Gasteiger partial charge in [-0.15, -0.1) is 10.2 Å². The van der Waals surface area contributed by atoms with E-state index >= 15 is 0 Å². The van der Waals surface area contributed by atoms with Crippen molar-refractivity contribution in [3.63, 3.8) is 0 Å². The third-order valence-electron chi connectivity index (χ3n) is 5.54. The second-order valence-electron chi connectivity index (χ2n) is 7.94. The van der Waals surface area contributed by atoms with Gasteiger partial charge in [0.1, 0.15) is 11.6 Å². The van der Waals surface area contributed by atoms with E-state index in [1.165, 1.54) is 0 Å². The highest BCUT2D eigenvalue weighted by Crippen LogP contribution is 2.24. The number of nitrogens with zero attached hydrogens (tertiary/aromatic N) is 5. The van der Waals surface area contributed by atoms with E-state index in [0.29, 0.717) is 18.7 Å². The first kappa shape index (κ1) is 21.1. The number of aryl methyl sites for hydroxylation is 1. The van der Waals surface area contributed by atoms with Gasteiger partial charge in [0.2, 0.25) is 0 Å². The zero-order chi connectivity index (χ0) is 21.6. The maximum absolute atomic E-state index is 14.4. The van der Waals surface area contributed by atoms with Gasteiger partial charge in [0, 0.05) is 44.8 Å². The number of rotatable bonds is 6. The van der Waals surface area contributed by atoms with Crippen molar-refractivity contribution in [3.05, 3.63) is 59.8 Å². The molecule has 0 radical (unpaired) electrons. The lowest BCUT2D eigenvalue weighted by Crippen LogP contribution is -2.51. The standard InChI is InChI=1S/C23H30FN7/c1-3-25-23(26-12-11-22-29-28-21-8-4-5-14-31(21)22)27-18-7-6-13-30(16-18)20-15-17(2)9-10-19(20)24/h4-5,8-10,14-15,18H,3,6-7,11-13,16H2,1-2H3,(H2,25,26,27). The zero-order valence-electron chi connectivity index (χ0n) is 18.2. The molecule has 2 N–H and O–H groups in total. The molecule has 164 valence electrons. The van der Waals surface area contributed by atoms with Gasteiger partial charge in [-0.25, -0.2) is 4.39 Å². The first-order valence-electron chi connectivity index (χ1n) is 11.0. The SMILES string of the molecule is CCNC(=NCCc1nnc2ccccn12)NC1CCCN(c2cc(C)ccc2F)C1. The summed E-state index contributed by atoms with van der Waals surface area (Å²) in [6.07, 6.45) is 4.71. The van der Waals surface area contributed by atoms with Gasteiger partial charge in [0.05, 0.1) is 5.69 Å². The fourth-order valence-corrected chi connectivity index (χ4v) is 4.02. The summed E-state index contributed by atoms with van der Waals surface area (Å²) in [5.41, 5.74) is 2.60. The Labute approximate surface area is 182 Å². The first-order chi connectivity index (χ1) is 15.1. The van der Waals surface area contributed by atoms with Crippen molar-refractivity contribution in [1.82, 2.24) is 25.2 Å². The van der Waals surface area contributed by atoms with Crippen LogP contribution in [0.15, 0.2) is 47.6 Å². The fraction of sp³-hybridized carbons (Fsp3) is 0.435. The number of pyridine rings is 1. The van der Waals surface area contributed by atoms with E-state index in [2.05, 4.69) is 32.7 Å². The summed E-state index contributed by atoms with van der Waals surface area (Å²) in [6, 6.07) is 11.4. The molecule has 3 heterocycles. The number of fused-ring (bicyclic) bond motifs is 1. The Kier molecular flexibility index (Phi) is 6.64. The summed E-state index contributed by atoms with van der Waals surface area (Å²) in [7, 11) is 0. The number of benzene rings is 1. The monoisotopic (exact) mass is 423 g/mol. The Morgan fingerprint density at radius 3 is 3.03 bits per heavy atom. The molecule has 0 saturated carbocycles. The molecule has 0 bridgehead atoms. The quantitative estimate of drug-likeness (QED) is 0.471. The Morgan fingerprint density at radius 2 is 2.16 bits per heavy atom. The summed E-state index contributed by atoms with van der Waals surface area (Å²) in [6.45, 7) is 7.05. The average Bonchev–Trinajstić information content (AvgIpc) is 3.19. The van der Waals surface area contributed by atoms with Gasteiger partial charge in [-0.3, -0.25) is 9.39 Å². The molecule has 31 heavy (non-hydrogen) atoms. The molecule has 2 aromatic heterocycles. The normalized spacial score (nSPS) is 17.2. The van der Waals surface area contributed by atoms with Crippen LogP contribution >= 0.6 is 0 Å². The summed E-state index contributed by atoms with van der Waals surface area (Å²) in [5.74, 6) is 1.52. The van der Waals surface area contributed by atoms with Crippen molar-refractivity contribution in [2.24, 2.45) is 4.99 Å². The molecule has 8 heteroatoms. The molecule has 0 amide bonds. The van der Waals surface area contributed by atoms with Gasteiger partial charge in [-0.05, 0) is 56.5 Å². The fourth-order valence-electron chi connectivity index (χ4n) is 4.02. The molecule has 0 aliphatic carbocycles. The molecule has 1 unspecified atom stereocenters. The molecule has 1 fully saturated rings. The predicted octanol–water partition coefficient (Wildman–Crippen LogP) is 2.94. The van der Waals surface area contributed by atoms with E-state index in [9.17, 15) is 4.39 Å². The summed E-state index contributed by atoms with van der Waals surface area (Å²) >= 11 is 0. The number of hydrogen-bond acceptors (Lipinski definition) is 4. The summed E-state index contributed by atoms with van der Waals surface area (Å²) < 4.78 is 16.4. The van der Waals surface area contributed by atoms with E-state index in [1.807, 2.05) is 47.9 Å². The van der Waals surface area contributed by atoms with Crippen LogP contribution in [0, 0.1) is 12.7 Å². The second kappa shape index (κ2) is 9.76. The van der Waals surface area contributed by atoms with Crippen molar-refractivity contribution in [2.75, 3.05) is 31.1 Å². The van der Waals surface area contributed by atoms with E-state index in [0.717, 1.165) is 55.5 Å². The van der Waals surface area contributed by atoms with E-state index in [1.54, 1.807) is 6.07 Å². The third kappa shape index (κ3) is 5.13. The van der Waals surface area contributed by atoms with Crippen molar-refractivity contribution in [1.29, 1.82) is 0 Å². The van der Waals surface area contributed by atoms with Crippen LogP contribution in [0.5, 0.6) is 0 Å². The molecule has 1 aromatic carbocycles. The van der Waals surface area contributed by atoms with Crippen LogP contribution in [-0.2, 0) is 6.42 Å². The Balaban J connectivity index is 1.39. The van der Waals surface area contributed by atoms with Gasteiger partial charge >= 0.3 is 0 Å². The molecular formula is C23H30FN7. The molecule has 0 spiro atoms. The van der Waals surface area contributed by atoms with Crippen LogP contribution in [-0.4, -0.2) is 52.8 Å². The number of guanidine groups is 1. The minimum absolute atomic E-state index is 0.160. The minimum Gasteiger partial charge on any atom is -0.367 e. The molecule has 1 aliphatic heterocycles. The topological polar surface area (TPSA) is 69.8 Å². The number of anilines is 1. The lowest BCUT2D eigenvalue weighted by Gasteiger charge is -2.35. The maximum Gasteiger partial charge on any atom is 0.191 e. The van der Waals surface area contributed by atoms with Gasteiger partial charge in [0.25, 0.3) is 0 Å². The molecule has 1 aliphatic rings. The van der Waals surface area contributed by atoms with Crippen LogP contribution in [0.4, 0.5) is 10.1 Å². The van der Waals surface area contributed by atoms with Crippen molar-refractivity contribution < 1.29 is 4.39 Å². The Hall–Kier alpha value is -3.16. The number of nitrogens with one attached hydrogen (secondary N) is 2. The van der Waals surface area contributed by atoms with E-state index in [4.69, 9.17) is 4.99 Å². The molecule has 3 aromatic rings. The zero-order valence-corrected chi connectivity index (χ0v) is 18.2. The third-order valence-corrected chi connectivity index (χ3v) is 5.54. The highest BCUT2D eigenvalue weighted by atomic mass is 19.1. The van der Waals surface area contributed by atoms with Gasteiger partial charge < -0.3 is 15.5 Å². The van der Waals surface area contributed by atoms with Crippen LogP contribution in [0.2, 0.25) is 0 Å². The Bertz CT molecular complexity index is 1050. The average molecular weight is 424 g/mol. The smallest absolute Gasteiger partial charge is 0.191 e. The van der Waals surface area contributed by atoms with Crippen LogP contribution in [0.3, 0.4) is 0 Å². The minimum atomic E-state index is -0.160. The summed E-state index contributed by atoms with van der Waals surface area (Å²) in [4.78, 5) is 6.87. The lowest BCUT2D eigenvalue weighted by molar-refractivity contribution is 0.463. The molecule has 1 saturated heterocycles. The number of aliphatic imine (C=N–C) groups is 1. The van der Waals surface area contributed by atoms with Crippen LogP contribution in [0.25, 0.3) is 5.65 Å². The van der Waals surface area contributed by atoms with Crippen molar-refractivity contribution in [3.8, 4) is 0 Å². The summed E-state index contributed by atoms with van der Waals surface area (Å²) in [5, 5.41) is 15.3. The number of hydrogen-bond donors (Lipinski definition) is 2.